The Kier molecular flexibility index (Phi) is 6.30. The van der Waals surface area contributed by atoms with E-state index < -0.39 is 6.09 Å². The minimum atomic E-state index is -0.592. The molecule has 1 heterocycles. The first kappa shape index (κ1) is 21.7. The zero-order valence-electron chi connectivity index (χ0n) is 18.5. The zero-order chi connectivity index (χ0) is 22.7. The second-order valence-corrected chi connectivity index (χ2v) is 7.76. The molecule has 8 heteroatoms. The standard InChI is InChI=1S/C24H27N3O5/c1-4-27-23(28)19-14-21(31-3)20(30-2)13-18(19)22(26-27)32-24(29)25-17-11-9-15-7-5-6-8-16(15)10-12-17/h5-8,13-14,17H,4,9-12H2,1-3H3,(H,25,29). The van der Waals surface area contributed by atoms with E-state index in [1.807, 2.05) is 12.1 Å². The van der Waals surface area contributed by atoms with Gasteiger partial charge in [0, 0.05) is 12.6 Å². The van der Waals surface area contributed by atoms with Gasteiger partial charge in [-0.3, -0.25) is 4.79 Å². The van der Waals surface area contributed by atoms with E-state index in [0.29, 0.717) is 28.8 Å². The van der Waals surface area contributed by atoms with Gasteiger partial charge in [0.1, 0.15) is 0 Å². The molecule has 168 valence electrons. The summed E-state index contributed by atoms with van der Waals surface area (Å²) in [4.78, 5) is 25.5. The van der Waals surface area contributed by atoms with Crippen molar-refractivity contribution in [3.8, 4) is 17.4 Å². The summed E-state index contributed by atoms with van der Waals surface area (Å²) in [7, 11) is 3.00. The molecule has 0 spiro atoms. The van der Waals surface area contributed by atoms with Gasteiger partial charge in [-0.05, 0) is 55.9 Å². The van der Waals surface area contributed by atoms with E-state index in [1.165, 1.54) is 30.0 Å². The number of benzene rings is 2. The Morgan fingerprint density at radius 1 is 1.06 bits per heavy atom. The Labute approximate surface area is 186 Å². The third-order valence-corrected chi connectivity index (χ3v) is 5.88. The number of amides is 1. The molecule has 1 N–H and O–H groups in total. The van der Waals surface area contributed by atoms with Gasteiger partial charge in [0.2, 0.25) is 5.88 Å². The first-order chi connectivity index (χ1) is 15.5. The highest BCUT2D eigenvalue weighted by atomic mass is 16.6. The highest BCUT2D eigenvalue weighted by Gasteiger charge is 2.21. The Bertz CT molecular complexity index is 1180. The molecule has 32 heavy (non-hydrogen) atoms. The summed E-state index contributed by atoms with van der Waals surface area (Å²) in [5.74, 6) is 0.887. The highest BCUT2D eigenvalue weighted by Crippen LogP contribution is 2.34. The minimum absolute atomic E-state index is 0.00660. The Hall–Kier alpha value is -3.55. The van der Waals surface area contributed by atoms with E-state index in [4.69, 9.17) is 14.2 Å². The van der Waals surface area contributed by atoms with E-state index in [0.717, 1.165) is 25.7 Å². The third-order valence-electron chi connectivity index (χ3n) is 5.88. The van der Waals surface area contributed by atoms with Crippen LogP contribution < -0.4 is 25.1 Å². The smallest absolute Gasteiger partial charge is 0.414 e. The number of methoxy groups -OCH3 is 2. The Morgan fingerprint density at radius 3 is 2.22 bits per heavy atom. The van der Waals surface area contributed by atoms with Crippen LogP contribution in [-0.2, 0) is 19.4 Å². The molecule has 4 rings (SSSR count). The molecule has 1 aliphatic carbocycles. The van der Waals surface area contributed by atoms with Crippen LogP contribution in [0.25, 0.3) is 10.8 Å². The number of hydrogen-bond donors (Lipinski definition) is 1. The van der Waals surface area contributed by atoms with Crippen LogP contribution in [0.5, 0.6) is 17.4 Å². The molecule has 1 amide bonds. The van der Waals surface area contributed by atoms with Crippen molar-refractivity contribution < 1.29 is 19.0 Å². The van der Waals surface area contributed by atoms with Crippen molar-refractivity contribution in [2.24, 2.45) is 0 Å². The van der Waals surface area contributed by atoms with Crippen molar-refractivity contribution in [2.45, 2.75) is 45.2 Å². The van der Waals surface area contributed by atoms with Crippen LogP contribution in [-0.4, -0.2) is 36.1 Å². The van der Waals surface area contributed by atoms with Crippen LogP contribution in [0.1, 0.15) is 30.9 Å². The van der Waals surface area contributed by atoms with Gasteiger partial charge in [0.25, 0.3) is 5.56 Å². The van der Waals surface area contributed by atoms with E-state index in [2.05, 4.69) is 22.5 Å². The van der Waals surface area contributed by atoms with Crippen molar-refractivity contribution in [3.05, 3.63) is 57.9 Å². The van der Waals surface area contributed by atoms with Gasteiger partial charge >= 0.3 is 6.09 Å². The lowest BCUT2D eigenvalue weighted by molar-refractivity contribution is 0.192. The number of aryl methyl sites for hydroxylation is 3. The Morgan fingerprint density at radius 2 is 1.66 bits per heavy atom. The summed E-state index contributed by atoms with van der Waals surface area (Å²) in [5, 5.41) is 7.95. The summed E-state index contributed by atoms with van der Waals surface area (Å²) in [5.41, 5.74) is 2.36. The molecule has 0 bridgehead atoms. The van der Waals surface area contributed by atoms with E-state index >= 15 is 0 Å². The average Bonchev–Trinajstić information content (AvgIpc) is 3.02. The van der Waals surface area contributed by atoms with Gasteiger partial charge in [-0.1, -0.05) is 24.3 Å². The highest BCUT2D eigenvalue weighted by molar-refractivity contribution is 5.90. The molecular formula is C24H27N3O5. The summed E-state index contributed by atoms with van der Waals surface area (Å²) >= 11 is 0. The maximum absolute atomic E-state index is 12.8. The molecule has 0 radical (unpaired) electrons. The number of carbonyl (C=O) groups excluding carboxylic acids is 1. The van der Waals surface area contributed by atoms with Crippen LogP contribution in [0.15, 0.2) is 41.2 Å². The summed E-state index contributed by atoms with van der Waals surface area (Å²) < 4.78 is 17.5. The number of hydrogen-bond acceptors (Lipinski definition) is 6. The van der Waals surface area contributed by atoms with Gasteiger partial charge in [-0.25, -0.2) is 9.48 Å². The fraction of sp³-hybridized carbons (Fsp3) is 0.375. The van der Waals surface area contributed by atoms with Crippen molar-refractivity contribution in [3.63, 3.8) is 0 Å². The molecule has 0 saturated carbocycles. The van der Waals surface area contributed by atoms with Crippen LogP contribution in [0.4, 0.5) is 4.79 Å². The average molecular weight is 437 g/mol. The molecular weight excluding hydrogens is 410 g/mol. The van der Waals surface area contributed by atoms with Crippen molar-refractivity contribution >= 4 is 16.9 Å². The fourth-order valence-electron chi connectivity index (χ4n) is 4.15. The van der Waals surface area contributed by atoms with E-state index in [-0.39, 0.29) is 17.5 Å². The van der Waals surface area contributed by atoms with Gasteiger partial charge in [0.05, 0.1) is 25.0 Å². The Balaban J connectivity index is 1.58. The van der Waals surface area contributed by atoms with E-state index in [1.54, 1.807) is 19.1 Å². The van der Waals surface area contributed by atoms with Crippen molar-refractivity contribution in [1.82, 2.24) is 15.1 Å². The number of carbonyl (C=O) groups is 1. The first-order valence-corrected chi connectivity index (χ1v) is 10.8. The van der Waals surface area contributed by atoms with Crippen molar-refractivity contribution in [2.75, 3.05) is 14.2 Å². The zero-order valence-corrected chi connectivity index (χ0v) is 18.5. The lowest BCUT2D eigenvalue weighted by Crippen LogP contribution is -2.37. The molecule has 0 unspecified atom stereocenters. The maximum Gasteiger partial charge on any atom is 0.414 e. The van der Waals surface area contributed by atoms with Gasteiger partial charge in [-0.15, -0.1) is 5.10 Å². The van der Waals surface area contributed by atoms with Crippen LogP contribution in [0.3, 0.4) is 0 Å². The number of nitrogens with one attached hydrogen (secondary N) is 1. The van der Waals surface area contributed by atoms with Crippen LogP contribution >= 0.6 is 0 Å². The summed E-state index contributed by atoms with van der Waals surface area (Å²) in [6.07, 6.45) is 2.88. The number of aromatic nitrogens is 2. The van der Waals surface area contributed by atoms with Gasteiger partial charge in [-0.2, -0.15) is 0 Å². The second kappa shape index (κ2) is 9.30. The molecule has 3 aromatic rings. The third kappa shape index (κ3) is 4.26. The van der Waals surface area contributed by atoms with Gasteiger partial charge in [0.15, 0.2) is 11.5 Å². The number of ether oxygens (including phenoxy) is 3. The van der Waals surface area contributed by atoms with E-state index in [9.17, 15) is 9.59 Å². The molecule has 0 atom stereocenters. The lowest BCUT2D eigenvalue weighted by atomic mass is 10.0. The molecule has 1 aliphatic rings. The van der Waals surface area contributed by atoms with Crippen molar-refractivity contribution in [1.29, 1.82) is 0 Å². The number of rotatable bonds is 5. The molecule has 0 fully saturated rings. The second-order valence-electron chi connectivity index (χ2n) is 7.76. The first-order valence-electron chi connectivity index (χ1n) is 10.8. The predicted molar refractivity (Wildman–Crippen MR) is 121 cm³/mol. The monoisotopic (exact) mass is 437 g/mol. The molecule has 1 aromatic heterocycles. The normalized spacial score (nSPS) is 13.8. The van der Waals surface area contributed by atoms with Crippen LogP contribution in [0, 0.1) is 0 Å². The SMILES string of the molecule is CCn1nc(OC(=O)NC2CCc3ccccc3CC2)c2cc(OC)c(OC)cc2c1=O. The predicted octanol–water partition coefficient (Wildman–Crippen LogP) is 3.47. The quantitative estimate of drug-likeness (QED) is 0.615. The molecule has 8 nitrogen and oxygen atoms in total. The summed E-state index contributed by atoms with van der Waals surface area (Å²) in [6.45, 7) is 2.13. The molecule has 0 aliphatic heterocycles. The number of fused-ring (bicyclic) bond motifs is 2. The minimum Gasteiger partial charge on any atom is -0.493 e. The fourth-order valence-corrected chi connectivity index (χ4v) is 4.15. The van der Waals surface area contributed by atoms with Gasteiger partial charge < -0.3 is 19.5 Å². The lowest BCUT2D eigenvalue weighted by Gasteiger charge is -2.17. The largest absolute Gasteiger partial charge is 0.493 e. The maximum atomic E-state index is 12.8. The molecule has 2 aromatic carbocycles. The molecule has 0 saturated heterocycles. The van der Waals surface area contributed by atoms with Crippen LogP contribution in [0.2, 0.25) is 0 Å². The summed E-state index contributed by atoms with van der Waals surface area (Å²) in [6, 6.07) is 11.6. The topological polar surface area (TPSA) is 91.7 Å². The number of nitrogens with zero attached hydrogens (tertiary/aromatic N) is 2.